The lowest BCUT2D eigenvalue weighted by Crippen LogP contribution is -2.41. The van der Waals surface area contributed by atoms with E-state index >= 15 is 0 Å². The zero-order valence-electron chi connectivity index (χ0n) is 11.9. The third-order valence-corrected chi connectivity index (χ3v) is 3.96. The summed E-state index contributed by atoms with van der Waals surface area (Å²) in [5, 5.41) is 20.1. The van der Waals surface area contributed by atoms with Crippen molar-refractivity contribution >= 4 is 11.6 Å². The van der Waals surface area contributed by atoms with E-state index in [1.807, 2.05) is 0 Å². The van der Waals surface area contributed by atoms with Crippen LogP contribution in [0.15, 0.2) is 24.3 Å². The number of carbonyl (C=O) groups excluding carboxylic acids is 1. The molecule has 0 radical (unpaired) electrons. The van der Waals surface area contributed by atoms with Gasteiger partial charge in [-0.2, -0.15) is 0 Å². The summed E-state index contributed by atoms with van der Waals surface area (Å²) in [5.41, 5.74) is 0.398. The Balaban J connectivity index is 2.13. The fourth-order valence-electron chi connectivity index (χ4n) is 2.94. The van der Waals surface area contributed by atoms with Crippen LogP contribution in [-0.4, -0.2) is 40.0 Å². The van der Waals surface area contributed by atoms with Gasteiger partial charge >= 0.3 is 0 Å². The van der Waals surface area contributed by atoms with Crippen LogP contribution >= 0.6 is 0 Å². The summed E-state index contributed by atoms with van der Waals surface area (Å²) in [6.07, 6.45) is 4.08. The van der Waals surface area contributed by atoms with Crippen molar-refractivity contribution in [3.63, 3.8) is 0 Å². The van der Waals surface area contributed by atoms with Gasteiger partial charge in [-0.05, 0) is 12.8 Å². The van der Waals surface area contributed by atoms with Crippen molar-refractivity contribution in [2.24, 2.45) is 0 Å². The second kappa shape index (κ2) is 7.17. The van der Waals surface area contributed by atoms with Gasteiger partial charge in [0, 0.05) is 24.2 Å². The Morgan fingerprint density at radius 2 is 2.00 bits per heavy atom. The monoisotopic (exact) mass is 292 g/mol. The van der Waals surface area contributed by atoms with Crippen molar-refractivity contribution in [3.05, 3.63) is 39.9 Å². The number of nitro groups is 1. The number of para-hydroxylation sites is 1. The molecule has 0 spiro atoms. The minimum atomic E-state index is -0.464. The summed E-state index contributed by atoms with van der Waals surface area (Å²) in [4.78, 5) is 24.7. The zero-order chi connectivity index (χ0) is 15.2. The molecule has 0 heterocycles. The molecule has 1 amide bonds. The predicted octanol–water partition coefficient (Wildman–Crippen LogP) is 1.90. The number of benzene rings is 1. The van der Waals surface area contributed by atoms with E-state index in [-0.39, 0.29) is 30.7 Å². The molecule has 0 aromatic heterocycles. The first kappa shape index (κ1) is 15.4. The lowest BCUT2D eigenvalue weighted by molar-refractivity contribution is -0.385. The summed E-state index contributed by atoms with van der Waals surface area (Å²) < 4.78 is 0. The molecule has 2 rings (SSSR count). The first-order chi connectivity index (χ1) is 10.1. The third-order valence-electron chi connectivity index (χ3n) is 3.96. The average Bonchev–Trinajstić information content (AvgIpc) is 2.98. The number of aliphatic hydroxyl groups is 1. The molecule has 1 N–H and O–H groups in total. The summed E-state index contributed by atoms with van der Waals surface area (Å²) in [6, 6.07) is 6.47. The highest BCUT2D eigenvalue weighted by Gasteiger charge is 2.27. The normalized spacial score (nSPS) is 15.1. The van der Waals surface area contributed by atoms with Gasteiger partial charge in [0.2, 0.25) is 5.91 Å². The summed E-state index contributed by atoms with van der Waals surface area (Å²) >= 11 is 0. The van der Waals surface area contributed by atoms with Gasteiger partial charge in [-0.25, -0.2) is 0 Å². The van der Waals surface area contributed by atoms with Crippen molar-refractivity contribution in [2.75, 3.05) is 13.2 Å². The van der Waals surface area contributed by atoms with Gasteiger partial charge in [0.25, 0.3) is 5.69 Å². The van der Waals surface area contributed by atoms with E-state index in [2.05, 4.69) is 0 Å². The summed E-state index contributed by atoms with van der Waals surface area (Å²) in [5.74, 6) is -0.148. The van der Waals surface area contributed by atoms with Crippen molar-refractivity contribution in [1.29, 1.82) is 0 Å². The molecule has 1 aromatic rings. The van der Waals surface area contributed by atoms with Crippen LogP contribution in [0.4, 0.5) is 5.69 Å². The molecular weight excluding hydrogens is 272 g/mol. The zero-order valence-corrected chi connectivity index (χ0v) is 11.9. The lowest BCUT2D eigenvalue weighted by Gasteiger charge is -2.28. The predicted molar refractivity (Wildman–Crippen MR) is 77.9 cm³/mol. The minimum Gasteiger partial charge on any atom is -0.395 e. The van der Waals surface area contributed by atoms with Crippen LogP contribution in [0.5, 0.6) is 0 Å². The maximum Gasteiger partial charge on any atom is 0.273 e. The largest absolute Gasteiger partial charge is 0.395 e. The number of hydrogen-bond donors (Lipinski definition) is 1. The highest BCUT2D eigenvalue weighted by molar-refractivity contribution is 5.80. The Kier molecular flexibility index (Phi) is 5.27. The summed E-state index contributed by atoms with van der Waals surface area (Å²) in [6.45, 7) is 0.212. The van der Waals surface area contributed by atoms with E-state index in [1.54, 1.807) is 23.1 Å². The van der Waals surface area contributed by atoms with E-state index in [0.29, 0.717) is 12.1 Å². The van der Waals surface area contributed by atoms with Crippen LogP contribution in [0.1, 0.15) is 31.2 Å². The van der Waals surface area contributed by atoms with Crippen LogP contribution in [0, 0.1) is 10.1 Å². The highest BCUT2D eigenvalue weighted by atomic mass is 16.6. The molecule has 1 aliphatic carbocycles. The number of hydrogen-bond acceptors (Lipinski definition) is 4. The molecule has 1 saturated carbocycles. The van der Waals surface area contributed by atoms with E-state index in [4.69, 9.17) is 5.11 Å². The van der Waals surface area contributed by atoms with E-state index in [0.717, 1.165) is 25.7 Å². The van der Waals surface area contributed by atoms with Crippen molar-refractivity contribution < 1.29 is 14.8 Å². The van der Waals surface area contributed by atoms with E-state index in [9.17, 15) is 14.9 Å². The standard InChI is InChI=1S/C15H20N2O4/c18-10-9-16(13-6-2-3-7-13)15(19)11-12-5-1-4-8-14(12)17(20)21/h1,4-5,8,13,18H,2-3,6-7,9-11H2. The van der Waals surface area contributed by atoms with Crippen LogP contribution in [0.25, 0.3) is 0 Å². The molecule has 0 unspecified atom stereocenters. The second-order valence-electron chi connectivity index (χ2n) is 5.31. The number of nitro benzene ring substituents is 1. The molecule has 0 bridgehead atoms. The Morgan fingerprint density at radius 1 is 1.33 bits per heavy atom. The molecular formula is C15H20N2O4. The second-order valence-corrected chi connectivity index (χ2v) is 5.31. The third kappa shape index (κ3) is 3.78. The van der Waals surface area contributed by atoms with Crippen LogP contribution in [0.3, 0.4) is 0 Å². The van der Waals surface area contributed by atoms with Crippen molar-refractivity contribution in [3.8, 4) is 0 Å². The van der Waals surface area contributed by atoms with Crippen LogP contribution < -0.4 is 0 Å². The van der Waals surface area contributed by atoms with Crippen LogP contribution in [0.2, 0.25) is 0 Å². The van der Waals surface area contributed by atoms with Gasteiger partial charge in [-0.3, -0.25) is 14.9 Å². The lowest BCUT2D eigenvalue weighted by atomic mass is 10.1. The van der Waals surface area contributed by atoms with Gasteiger partial charge in [0.05, 0.1) is 18.0 Å². The fourth-order valence-corrected chi connectivity index (χ4v) is 2.94. The van der Waals surface area contributed by atoms with Crippen molar-refractivity contribution in [2.45, 2.75) is 38.1 Å². The van der Waals surface area contributed by atoms with Crippen LogP contribution in [-0.2, 0) is 11.2 Å². The Labute approximate surface area is 123 Å². The quantitative estimate of drug-likeness (QED) is 0.641. The molecule has 21 heavy (non-hydrogen) atoms. The van der Waals surface area contributed by atoms with Gasteiger partial charge in [0.15, 0.2) is 0 Å². The SMILES string of the molecule is O=C(Cc1ccccc1[N+](=O)[O-])N(CCO)C1CCCC1. The van der Waals surface area contributed by atoms with Gasteiger partial charge in [0.1, 0.15) is 0 Å². The van der Waals surface area contributed by atoms with Gasteiger partial charge in [-0.15, -0.1) is 0 Å². The molecule has 0 aliphatic heterocycles. The molecule has 0 atom stereocenters. The molecule has 114 valence electrons. The first-order valence-electron chi connectivity index (χ1n) is 7.26. The number of rotatable bonds is 6. The minimum absolute atomic E-state index is 0.00759. The summed E-state index contributed by atoms with van der Waals surface area (Å²) in [7, 11) is 0. The number of amides is 1. The molecule has 1 aromatic carbocycles. The number of nitrogens with zero attached hydrogens (tertiary/aromatic N) is 2. The van der Waals surface area contributed by atoms with Gasteiger partial charge in [-0.1, -0.05) is 31.0 Å². The molecule has 1 aliphatic rings. The van der Waals surface area contributed by atoms with Gasteiger partial charge < -0.3 is 10.0 Å². The average molecular weight is 292 g/mol. The topological polar surface area (TPSA) is 83.7 Å². The Bertz CT molecular complexity index is 512. The number of carbonyl (C=O) groups is 1. The fraction of sp³-hybridized carbons (Fsp3) is 0.533. The van der Waals surface area contributed by atoms with Crippen molar-refractivity contribution in [1.82, 2.24) is 4.90 Å². The Hall–Kier alpha value is -1.95. The van der Waals surface area contributed by atoms with E-state index < -0.39 is 4.92 Å². The number of aliphatic hydroxyl groups excluding tert-OH is 1. The maximum atomic E-state index is 12.5. The molecule has 1 fully saturated rings. The smallest absolute Gasteiger partial charge is 0.273 e. The first-order valence-corrected chi connectivity index (χ1v) is 7.26. The maximum absolute atomic E-state index is 12.5. The molecule has 6 nitrogen and oxygen atoms in total. The van der Waals surface area contributed by atoms with E-state index in [1.165, 1.54) is 6.07 Å². The highest BCUT2D eigenvalue weighted by Crippen LogP contribution is 2.25. The Morgan fingerprint density at radius 3 is 2.62 bits per heavy atom. The molecule has 6 heteroatoms. The molecule has 0 saturated heterocycles.